The van der Waals surface area contributed by atoms with E-state index in [0.717, 1.165) is 19.3 Å². The zero-order chi connectivity index (χ0) is 11.3. The van der Waals surface area contributed by atoms with Crippen molar-refractivity contribution in [1.29, 1.82) is 0 Å². The van der Waals surface area contributed by atoms with Gasteiger partial charge in [0.25, 0.3) is 10.2 Å². The summed E-state index contributed by atoms with van der Waals surface area (Å²) in [6.45, 7) is 0.479. The van der Waals surface area contributed by atoms with Crippen molar-refractivity contribution in [3.63, 3.8) is 0 Å². The summed E-state index contributed by atoms with van der Waals surface area (Å²) in [6, 6.07) is 0. The van der Waals surface area contributed by atoms with Crippen LogP contribution < -0.4 is 4.72 Å². The van der Waals surface area contributed by atoms with Crippen LogP contribution in [-0.4, -0.2) is 55.3 Å². The zero-order valence-corrected chi connectivity index (χ0v) is 9.41. The number of hydrogen-bond acceptors (Lipinski definition) is 4. The Morgan fingerprint density at radius 3 is 2.40 bits per heavy atom. The van der Waals surface area contributed by atoms with Gasteiger partial charge in [-0.25, -0.2) is 0 Å². The van der Waals surface area contributed by atoms with Gasteiger partial charge >= 0.3 is 0 Å². The van der Waals surface area contributed by atoms with Crippen LogP contribution in [0.4, 0.5) is 0 Å². The second-order valence-corrected chi connectivity index (χ2v) is 5.40. The lowest BCUT2D eigenvalue weighted by atomic mass is 10.2. The fourth-order valence-corrected chi connectivity index (χ4v) is 2.79. The maximum Gasteiger partial charge on any atom is 0.279 e. The fourth-order valence-electron chi connectivity index (χ4n) is 1.46. The van der Waals surface area contributed by atoms with Crippen LogP contribution in [0.1, 0.15) is 19.3 Å². The van der Waals surface area contributed by atoms with Crippen LogP contribution in [0.5, 0.6) is 0 Å². The smallest absolute Gasteiger partial charge is 0.279 e. The predicted molar refractivity (Wildman–Crippen MR) is 55.4 cm³/mol. The minimum Gasteiger partial charge on any atom is -0.394 e. The quantitative estimate of drug-likeness (QED) is 0.553. The molecule has 0 bridgehead atoms. The number of hydrogen-bond donors (Lipinski definition) is 3. The number of piperidine rings is 1. The average Bonchev–Trinajstić information content (AvgIpc) is 2.27. The van der Waals surface area contributed by atoms with Crippen molar-refractivity contribution in [1.82, 2.24) is 9.03 Å². The molecule has 7 heteroatoms. The Morgan fingerprint density at radius 1 is 1.27 bits per heavy atom. The third-order valence-electron chi connectivity index (χ3n) is 2.37. The first-order valence-electron chi connectivity index (χ1n) is 5.10. The van der Waals surface area contributed by atoms with Crippen molar-refractivity contribution >= 4 is 10.2 Å². The largest absolute Gasteiger partial charge is 0.394 e. The van der Waals surface area contributed by atoms with Gasteiger partial charge in [-0.05, 0) is 12.8 Å². The highest BCUT2D eigenvalue weighted by Gasteiger charge is 2.23. The van der Waals surface area contributed by atoms with E-state index < -0.39 is 22.9 Å². The topological polar surface area (TPSA) is 89.9 Å². The fraction of sp³-hybridized carbons (Fsp3) is 1.00. The Kier molecular flexibility index (Phi) is 4.94. The van der Waals surface area contributed by atoms with Gasteiger partial charge in [0.2, 0.25) is 0 Å². The average molecular weight is 238 g/mol. The molecule has 1 fully saturated rings. The first kappa shape index (κ1) is 12.9. The van der Waals surface area contributed by atoms with Gasteiger partial charge in [0.1, 0.15) is 0 Å². The second kappa shape index (κ2) is 5.76. The summed E-state index contributed by atoms with van der Waals surface area (Å²) in [5, 5.41) is 17.6. The molecule has 1 atom stereocenters. The molecule has 1 aliphatic rings. The third-order valence-corrected chi connectivity index (χ3v) is 3.94. The molecule has 0 radical (unpaired) electrons. The van der Waals surface area contributed by atoms with Gasteiger partial charge in [0, 0.05) is 19.6 Å². The maximum absolute atomic E-state index is 11.6. The summed E-state index contributed by atoms with van der Waals surface area (Å²) in [4.78, 5) is 0. The normalized spacial score (nSPS) is 21.5. The van der Waals surface area contributed by atoms with Crippen molar-refractivity contribution in [2.45, 2.75) is 25.4 Å². The summed E-state index contributed by atoms with van der Waals surface area (Å²) < 4.78 is 26.9. The molecular weight excluding hydrogens is 220 g/mol. The SMILES string of the molecule is O=S(=O)(NCC(O)CO)N1CCCCC1. The van der Waals surface area contributed by atoms with E-state index in [1.807, 2.05) is 0 Å². The third kappa shape index (κ3) is 4.04. The highest BCUT2D eigenvalue weighted by molar-refractivity contribution is 7.87. The molecule has 0 aromatic carbocycles. The zero-order valence-electron chi connectivity index (χ0n) is 8.59. The highest BCUT2D eigenvalue weighted by Crippen LogP contribution is 2.11. The summed E-state index contributed by atoms with van der Waals surface area (Å²) in [6.07, 6.45) is 1.78. The number of nitrogens with one attached hydrogen (secondary N) is 1. The van der Waals surface area contributed by atoms with E-state index in [0.29, 0.717) is 13.1 Å². The van der Waals surface area contributed by atoms with Crippen LogP contribution in [0, 0.1) is 0 Å². The molecule has 0 aromatic rings. The van der Waals surface area contributed by atoms with E-state index in [1.165, 1.54) is 4.31 Å². The number of aliphatic hydroxyl groups is 2. The van der Waals surface area contributed by atoms with E-state index >= 15 is 0 Å². The second-order valence-electron chi connectivity index (χ2n) is 3.65. The van der Waals surface area contributed by atoms with Crippen molar-refractivity contribution in [3.8, 4) is 0 Å². The first-order valence-corrected chi connectivity index (χ1v) is 6.54. The minimum absolute atomic E-state index is 0.144. The van der Waals surface area contributed by atoms with Gasteiger partial charge in [-0.15, -0.1) is 0 Å². The highest BCUT2D eigenvalue weighted by atomic mass is 32.2. The minimum atomic E-state index is -3.48. The number of nitrogens with zero attached hydrogens (tertiary/aromatic N) is 1. The predicted octanol–water partition coefficient (Wildman–Crippen LogP) is -1.34. The molecule has 1 saturated heterocycles. The van der Waals surface area contributed by atoms with Crippen LogP contribution in [-0.2, 0) is 10.2 Å². The molecule has 0 spiro atoms. The lowest BCUT2D eigenvalue weighted by molar-refractivity contribution is 0.0983. The van der Waals surface area contributed by atoms with Gasteiger partial charge in [-0.1, -0.05) is 6.42 Å². The van der Waals surface area contributed by atoms with Crippen molar-refractivity contribution in [2.75, 3.05) is 26.2 Å². The Balaban J connectivity index is 2.43. The Bertz CT molecular complexity index is 274. The van der Waals surface area contributed by atoms with E-state index in [2.05, 4.69) is 4.72 Å². The summed E-state index contributed by atoms with van der Waals surface area (Å²) in [7, 11) is -3.48. The van der Waals surface area contributed by atoms with E-state index in [-0.39, 0.29) is 6.54 Å². The van der Waals surface area contributed by atoms with Crippen molar-refractivity contribution in [2.24, 2.45) is 0 Å². The molecule has 90 valence electrons. The Labute approximate surface area is 90.1 Å². The molecule has 15 heavy (non-hydrogen) atoms. The lowest BCUT2D eigenvalue weighted by Gasteiger charge is -2.26. The molecule has 6 nitrogen and oxygen atoms in total. The van der Waals surface area contributed by atoms with Crippen molar-refractivity contribution < 1.29 is 18.6 Å². The molecule has 1 unspecified atom stereocenters. The van der Waals surface area contributed by atoms with Gasteiger partial charge in [0.05, 0.1) is 12.7 Å². The van der Waals surface area contributed by atoms with E-state index in [9.17, 15) is 8.42 Å². The molecule has 0 amide bonds. The molecule has 1 heterocycles. The van der Waals surface area contributed by atoms with E-state index in [1.54, 1.807) is 0 Å². The van der Waals surface area contributed by atoms with E-state index in [4.69, 9.17) is 10.2 Å². The monoisotopic (exact) mass is 238 g/mol. The summed E-state index contributed by atoms with van der Waals surface area (Å²) >= 11 is 0. The van der Waals surface area contributed by atoms with Gasteiger partial charge < -0.3 is 10.2 Å². The van der Waals surface area contributed by atoms with Crippen LogP contribution >= 0.6 is 0 Å². The standard InChI is InChI=1S/C8H18N2O4S/c11-7-8(12)6-9-15(13,14)10-4-2-1-3-5-10/h8-9,11-12H,1-7H2. The molecule has 1 aliphatic heterocycles. The summed E-state index contributed by atoms with van der Waals surface area (Å²) in [5.74, 6) is 0. The van der Waals surface area contributed by atoms with Crippen molar-refractivity contribution in [3.05, 3.63) is 0 Å². The maximum atomic E-state index is 11.6. The Morgan fingerprint density at radius 2 is 1.87 bits per heavy atom. The molecular formula is C8H18N2O4S. The molecule has 0 saturated carbocycles. The molecule has 0 aromatic heterocycles. The van der Waals surface area contributed by atoms with Crippen LogP contribution in [0.3, 0.4) is 0 Å². The first-order chi connectivity index (χ1) is 7.06. The van der Waals surface area contributed by atoms with Crippen LogP contribution in [0.2, 0.25) is 0 Å². The number of rotatable bonds is 5. The molecule has 3 N–H and O–H groups in total. The number of aliphatic hydroxyl groups excluding tert-OH is 2. The van der Waals surface area contributed by atoms with Crippen LogP contribution in [0.25, 0.3) is 0 Å². The van der Waals surface area contributed by atoms with Crippen LogP contribution in [0.15, 0.2) is 0 Å². The lowest BCUT2D eigenvalue weighted by Crippen LogP contribution is -2.46. The van der Waals surface area contributed by atoms with Gasteiger partial charge in [-0.3, -0.25) is 0 Å². The van der Waals surface area contributed by atoms with Gasteiger partial charge in [0.15, 0.2) is 0 Å². The van der Waals surface area contributed by atoms with Gasteiger partial charge in [-0.2, -0.15) is 17.4 Å². The molecule has 0 aliphatic carbocycles. The molecule has 1 rings (SSSR count). The Hall–Kier alpha value is -0.210. The summed E-state index contributed by atoms with van der Waals surface area (Å²) in [5.41, 5.74) is 0.